The quantitative estimate of drug-likeness (QED) is 0.581. The molecule has 17 heavy (non-hydrogen) atoms. The van der Waals surface area contributed by atoms with Gasteiger partial charge in [-0.15, -0.1) is 0 Å². The second kappa shape index (κ2) is 4.18. The molecular weight excluding hydrogens is 264 g/mol. The Morgan fingerprint density at radius 3 is 2.35 bits per heavy atom. The number of aromatic nitrogens is 1. The zero-order valence-electron chi connectivity index (χ0n) is 7.88. The molecule has 8 nitrogen and oxygen atoms in total. The minimum absolute atomic E-state index is 0.191. The standard InChI is InChI=1S/C6H5F2N3O5S/c7-4(8)2-1-3(17(9,15)16)5(11(13)14)10-6(2)12/h1,4H,(H,10,12)(H2,9,15,16). The molecule has 0 bridgehead atoms. The van der Waals surface area contributed by atoms with Gasteiger partial charge in [-0.3, -0.25) is 0 Å². The summed E-state index contributed by atoms with van der Waals surface area (Å²) < 4.78 is 46.5. The number of hydrogen-bond acceptors (Lipinski definition) is 5. The fourth-order valence-electron chi connectivity index (χ4n) is 1.03. The zero-order chi connectivity index (χ0) is 13.4. The summed E-state index contributed by atoms with van der Waals surface area (Å²) in [5, 5.41) is 15.0. The third-order valence-corrected chi connectivity index (χ3v) is 2.66. The van der Waals surface area contributed by atoms with Crippen LogP contribution in [-0.2, 0) is 10.0 Å². The van der Waals surface area contributed by atoms with Gasteiger partial charge in [0, 0.05) is 0 Å². The van der Waals surface area contributed by atoms with Gasteiger partial charge in [-0.05, 0) is 11.0 Å². The lowest BCUT2D eigenvalue weighted by Crippen LogP contribution is -2.21. The minimum Gasteiger partial charge on any atom is -0.358 e. The maximum atomic E-state index is 12.3. The average Bonchev–Trinajstić information content (AvgIpc) is 2.14. The van der Waals surface area contributed by atoms with E-state index < -0.39 is 43.2 Å². The minimum atomic E-state index is -4.60. The number of nitro groups is 1. The predicted molar refractivity (Wildman–Crippen MR) is 50.0 cm³/mol. The van der Waals surface area contributed by atoms with Crippen molar-refractivity contribution in [2.24, 2.45) is 5.14 Å². The number of pyridine rings is 1. The molecule has 94 valence electrons. The summed E-state index contributed by atoms with van der Waals surface area (Å²) in [6.45, 7) is 0. The molecule has 0 aliphatic rings. The van der Waals surface area contributed by atoms with Crippen LogP contribution in [0.4, 0.5) is 14.6 Å². The van der Waals surface area contributed by atoms with Crippen molar-refractivity contribution in [1.82, 2.24) is 4.98 Å². The van der Waals surface area contributed by atoms with E-state index in [1.54, 1.807) is 0 Å². The molecule has 0 amide bonds. The van der Waals surface area contributed by atoms with Crippen LogP contribution in [0.5, 0.6) is 0 Å². The van der Waals surface area contributed by atoms with Crippen molar-refractivity contribution >= 4 is 15.8 Å². The van der Waals surface area contributed by atoms with E-state index in [2.05, 4.69) is 5.14 Å². The van der Waals surface area contributed by atoms with Crippen molar-refractivity contribution in [3.8, 4) is 0 Å². The maximum absolute atomic E-state index is 12.3. The Morgan fingerprint density at radius 1 is 1.47 bits per heavy atom. The highest BCUT2D eigenvalue weighted by Gasteiger charge is 2.27. The molecule has 1 rings (SSSR count). The van der Waals surface area contributed by atoms with Gasteiger partial charge >= 0.3 is 11.4 Å². The molecule has 11 heteroatoms. The number of nitrogens with one attached hydrogen (secondary N) is 1. The molecule has 0 aliphatic heterocycles. The molecule has 0 aliphatic carbocycles. The predicted octanol–water partition coefficient (Wildman–Crippen LogP) is -0.132. The van der Waals surface area contributed by atoms with E-state index in [1.165, 1.54) is 4.98 Å². The Morgan fingerprint density at radius 2 is 2.00 bits per heavy atom. The normalized spacial score (nSPS) is 11.8. The lowest BCUT2D eigenvalue weighted by atomic mass is 10.3. The maximum Gasteiger partial charge on any atom is 0.343 e. The highest BCUT2D eigenvalue weighted by molar-refractivity contribution is 7.89. The summed E-state index contributed by atoms with van der Waals surface area (Å²) in [6, 6.07) is 0.191. The van der Waals surface area contributed by atoms with E-state index >= 15 is 0 Å². The number of nitrogens with two attached hydrogens (primary N) is 1. The molecule has 0 spiro atoms. The van der Waals surface area contributed by atoms with Crippen LogP contribution in [0.25, 0.3) is 0 Å². The van der Waals surface area contributed by atoms with E-state index in [0.29, 0.717) is 0 Å². The molecule has 0 radical (unpaired) electrons. The molecule has 0 saturated heterocycles. The second-order valence-corrected chi connectivity index (χ2v) is 4.40. The van der Waals surface area contributed by atoms with E-state index in [-0.39, 0.29) is 6.07 Å². The van der Waals surface area contributed by atoms with Crippen LogP contribution in [0, 0.1) is 10.1 Å². The van der Waals surface area contributed by atoms with Crippen molar-refractivity contribution in [3.05, 3.63) is 32.1 Å². The average molecular weight is 269 g/mol. The van der Waals surface area contributed by atoms with Gasteiger partial charge in [0.1, 0.15) is 5.56 Å². The van der Waals surface area contributed by atoms with Crippen LogP contribution in [-0.4, -0.2) is 18.3 Å². The first kappa shape index (κ1) is 13.2. The molecular formula is C6H5F2N3O5S. The van der Waals surface area contributed by atoms with Crippen molar-refractivity contribution in [2.75, 3.05) is 0 Å². The first-order chi connectivity index (χ1) is 7.64. The number of alkyl halides is 2. The number of nitrogens with zero attached hydrogens (tertiary/aromatic N) is 1. The summed E-state index contributed by atoms with van der Waals surface area (Å²) >= 11 is 0. The van der Waals surface area contributed by atoms with Gasteiger partial charge in [-0.25, -0.2) is 32.1 Å². The smallest absolute Gasteiger partial charge is 0.343 e. The van der Waals surface area contributed by atoms with E-state index in [1.807, 2.05) is 0 Å². The first-order valence-electron chi connectivity index (χ1n) is 3.87. The monoisotopic (exact) mass is 269 g/mol. The number of hydrogen-bond donors (Lipinski definition) is 2. The fourth-order valence-corrected chi connectivity index (χ4v) is 1.72. The third kappa shape index (κ3) is 2.62. The molecule has 0 aromatic carbocycles. The van der Waals surface area contributed by atoms with Crippen LogP contribution in [0.3, 0.4) is 0 Å². The number of primary sulfonamides is 1. The Balaban J connectivity index is 3.72. The number of sulfonamides is 1. The van der Waals surface area contributed by atoms with E-state index in [0.717, 1.165) is 0 Å². The highest BCUT2D eigenvalue weighted by atomic mass is 32.2. The fraction of sp³-hybridized carbons (Fsp3) is 0.167. The van der Waals surface area contributed by atoms with E-state index in [4.69, 9.17) is 0 Å². The zero-order valence-corrected chi connectivity index (χ0v) is 8.70. The van der Waals surface area contributed by atoms with Gasteiger partial charge in [-0.1, -0.05) is 0 Å². The van der Waals surface area contributed by atoms with Gasteiger partial charge in [-0.2, -0.15) is 0 Å². The lowest BCUT2D eigenvalue weighted by molar-refractivity contribution is -0.392. The number of rotatable bonds is 3. The van der Waals surface area contributed by atoms with Gasteiger partial charge in [0.05, 0.1) is 0 Å². The summed E-state index contributed by atoms with van der Waals surface area (Å²) in [7, 11) is -4.60. The SMILES string of the molecule is NS(=O)(=O)c1cc(C(F)F)c(=O)[nH]c1[N+](=O)[O-]. The Hall–Kier alpha value is -1.88. The van der Waals surface area contributed by atoms with Crippen molar-refractivity contribution in [1.29, 1.82) is 0 Å². The molecule has 0 saturated carbocycles. The first-order valence-corrected chi connectivity index (χ1v) is 5.41. The lowest BCUT2D eigenvalue weighted by Gasteiger charge is -2.03. The van der Waals surface area contributed by atoms with Crippen LogP contribution in [0.1, 0.15) is 12.0 Å². The molecule has 0 fully saturated rings. The summed E-state index contributed by atoms with van der Waals surface area (Å²) in [4.78, 5) is 20.4. The molecule has 0 unspecified atom stereocenters. The molecule has 1 aromatic rings. The van der Waals surface area contributed by atoms with Crippen LogP contribution in [0.15, 0.2) is 15.8 Å². The van der Waals surface area contributed by atoms with E-state index in [9.17, 15) is 32.1 Å². The largest absolute Gasteiger partial charge is 0.358 e. The van der Waals surface area contributed by atoms with Crippen molar-refractivity contribution in [3.63, 3.8) is 0 Å². The summed E-state index contributed by atoms with van der Waals surface area (Å²) in [6.07, 6.45) is -3.28. The number of halogens is 2. The Kier molecular flexibility index (Phi) is 3.24. The summed E-state index contributed by atoms with van der Waals surface area (Å²) in [5.41, 5.74) is -2.65. The van der Waals surface area contributed by atoms with Crippen molar-refractivity contribution < 1.29 is 22.1 Å². The molecule has 3 N–H and O–H groups in total. The molecule has 1 aromatic heterocycles. The number of H-pyrrole nitrogens is 1. The van der Waals surface area contributed by atoms with Crippen molar-refractivity contribution in [2.45, 2.75) is 11.3 Å². The molecule has 0 atom stereocenters. The second-order valence-electron chi connectivity index (χ2n) is 2.87. The van der Waals surface area contributed by atoms with Gasteiger partial charge in [0.15, 0.2) is 4.90 Å². The van der Waals surface area contributed by atoms with Crippen LogP contribution < -0.4 is 10.7 Å². The number of aromatic amines is 1. The van der Waals surface area contributed by atoms with Crippen LogP contribution in [0.2, 0.25) is 0 Å². The topological polar surface area (TPSA) is 136 Å². The molecule has 1 heterocycles. The highest BCUT2D eigenvalue weighted by Crippen LogP contribution is 2.23. The Labute approximate surface area is 92.3 Å². The van der Waals surface area contributed by atoms with Gasteiger partial charge < -0.3 is 10.1 Å². The van der Waals surface area contributed by atoms with Crippen LogP contribution >= 0.6 is 0 Å². The Bertz CT molecular complexity index is 623. The third-order valence-electron chi connectivity index (χ3n) is 1.74. The summed E-state index contributed by atoms with van der Waals surface area (Å²) in [5.74, 6) is -1.25. The van der Waals surface area contributed by atoms with Gasteiger partial charge in [0.2, 0.25) is 10.0 Å². The van der Waals surface area contributed by atoms with Gasteiger partial charge in [0.25, 0.3) is 6.43 Å².